The van der Waals surface area contributed by atoms with Crippen LogP contribution in [0.1, 0.15) is 33.1 Å². The zero-order chi connectivity index (χ0) is 9.84. The van der Waals surface area contributed by atoms with E-state index < -0.39 is 0 Å². The van der Waals surface area contributed by atoms with Crippen LogP contribution in [-0.2, 0) is 0 Å². The van der Waals surface area contributed by atoms with Crippen molar-refractivity contribution >= 4 is 17.3 Å². The second kappa shape index (κ2) is 4.80. The first-order valence-corrected chi connectivity index (χ1v) is 5.54. The van der Waals surface area contributed by atoms with Crippen molar-refractivity contribution in [1.29, 1.82) is 0 Å². The molecule has 3 atom stereocenters. The highest BCUT2D eigenvalue weighted by molar-refractivity contribution is 7.80. The molecule has 1 saturated carbocycles. The van der Waals surface area contributed by atoms with Crippen LogP contribution in [0.25, 0.3) is 0 Å². The maximum absolute atomic E-state index is 5.11. The van der Waals surface area contributed by atoms with Crippen molar-refractivity contribution < 1.29 is 0 Å². The molecule has 3 heteroatoms. The number of thiocarbonyl (C=S) groups is 1. The fraction of sp³-hybridized carbons (Fsp3) is 0.900. The monoisotopic (exact) mass is 200 g/mol. The van der Waals surface area contributed by atoms with E-state index >= 15 is 0 Å². The van der Waals surface area contributed by atoms with E-state index in [0.717, 1.165) is 16.9 Å². The van der Waals surface area contributed by atoms with Gasteiger partial charge in [-0.3, -0.25) is 0 Å². The third kappa shape index (κ3) is 2.83. The van der Waals surface area contributed by atoms with Gasteiger partial charge in [0.1, 0.15) is 0 Å². The fourth-order valence-electron chi connectivity index (χ4n) is 2.03. The maximum atomic E-state index is 5.11. The van der Waals surface area contributed by atoms with Crippen molar-refractivity contribution in [2.75, 3.05) is 7.05 Å². The molecule has 0 spiro atoms. The van der Waals surface area contributed by atoms with Crippen LogP contribution >= 0.6 is 12.2 Å². The molecule has 0 bridgehead atoms. The smallest absolute Gasteiger partial charge is 0.166 e. The minimum absolute atomic E-state index is 0.573. The van der Waals surface area contributed by atoms with Gasteiger partial charge in [-0.05, 0) is 30.5 Å². The SMILES string of the molecule is CNC(=S)N[C@H]1CCC[C@@H](C)[C@@H]1C. The summed E-state index contributed by atoms with van der Waals surface area (Å²) in [6.07, 6.45) is 3.95. The summed E-state index contributed by atoms with van der Waals surface area (Å²) in [6.45, 7) is 4.65. The molecule has 1 fully saturated rings. The lowest BCUT2D eigenvalue weighted by Gasteiger charge is -2.35. The van der Waals surface area contributed by atoms with Crippen molar-refractivity contribution in [3.05, 3.63) is 0 Å². The van der Waals surface area contributed by atoms with Gasteiger partial charge in [-0.25, -0.2) is 0 Å². The van der Waals surface area contributed by atoms with Crippen molar-refractivity contribution in [2.45, 2.75) is 39.2 Å². The molecular weight excluding hydrogens is 180 g/mol. The molecule has 0 aliphatic heterocycles. The van der Waals surface area contributed by atoms with E-state index in [4.69, 9.17) is 12.2 Å². The van der Waals surface area contributed by atoms with Gasteiger partial charge in [-0.15, -0.1) is 0 Å². The molecule has 2 nitrogen and oxygen atoms in total. The Hall–Kier alpha value is -0.310. The summed E-state index contributed by atoms with van der Waals surface area (Å²) in [5, 5.41) is 7.12. The standard InChI is InChI=1S/C10H20N2S/c1-7-5-4-6-9(8(7)2)12-10(13)11-3/h7-9H,4-6H2,1-3H3,(H2,11,12,13)/t7-,8+,9+/m1/s1. The van der Waals surface area contributed by atoms with Gasteiger partial charge in [0.15, 0.2) is 5.11 Å². The average Bonchev–Trinajstić information content (AvgIpc) is 2.13. The van der Waals surface area contributed by atoms with E-state index in [1.54, 1.807) is 0 Å². The second-order valence-corrected chi connectivity index (χ2v) is 4.51. The van der Waals surface area contributed by atoms with E-state index in [9.17, 15) is 0 Å². The number of rotatable bonds is 1. The molecule has 0 heterocycles. The first-order valence-electron chi connectivity index (χ1n) is 5.13. The summed E-state index contributed by atoms with van der Waals surface area (Å²) < 4.78 is 0. The number of hydrogen-bond acceptors (Lipinski definition) is 1. The Balaban J connectivity index is 2.43. The predicted molar refractivity (Wildman–Crippen MR) is 60.8 cm³/mol. The van der Waals surface area contributed by atoms with Crippen LogP contribution in [0, 0.1) is 11.8 Å². The molecule has 1 rings (SSSR count). The van der Waals surface area contributed by atoms with Gasteiger partial charge in [0.25, 0.3) is 0 Å². The van der Waals surface area contributed by atoms with Crippen LogP contribution in [0.5, 0.6) is 0 Å². The Labute approximate surface area is 86.5 Å². The van der Waals surface area contributed by atoms with E-state index in [0.29, 0.717) is 6.04 Å². The zero-order valence-corrected chi connectivity index (χ0v) is 9.58. The van der Waals surface area contributed by atoms with Crippen molar-refractivity contribution in [3.8, 4) is 0 Å². The van der Waals surface area contributed by atoms with E-state index in [1.165, 1.54) is 19.3 Å². The minimum Gasteiger partial charge on any atom is -0.366 e. The van der Waals surface area contributed by atoms with Crippen LogP contribution in [0.3, 0.4) is 0 Å². The zero-order valence-electron chi connectivity index (χ0n) is 8.76. The molecule has 76 valence electrons. The minimum atomic E-state index is 0.573. The Morgan fingerprint density at radius 2 is 2.00 bits per heavy atom. The lowest BCUT2D eigenvalue weighted by atomic mass is 9.78. The van der Waals surface area contributed by atoms with E-state index in [-0.39, 0.29) is 0 Å². The lowest BCUT2D eigenvalue weighted by Crippen LogP contribution is -2.46. The highest BCUT2D eigenvalue weighted by atomic mass is 32.1. The summed E-state index contributed by atoms with van der Waals surface area (Å²) in [5.74, 6) is 1.56. The average molecular weight is 200 g/mol. The topological polar surface area (TPSA) is 24.1 Å². The highest BCUT2D eigenvalue weighted by Crippen LogP contribution is 2.29. The summed E-state index contributed by atoms with van der Waals surface area (Å²) in [4.78, 5) is 0. The van der Waals surface area contributed by atoms with Gasteiger partial charge in [0, 0.05) is 13.1 Å². The molecule has 13 heavy (non-hydrogen) atoms. The predicted octanol–water partition coefficient (Wildman–Crippen LogP) is 1.90. The Kier molecular flexibility index (Phi) is 3.97. The molecule has 2 N–H and O–H groups in total. The van der Waals surface area contributed by atoms with Crippen LogP contribution in [0.2, 0.25) is 0 Å². The molecule has 0 saturated heterocycles. The van der Waals surface area contributed by atoms with E-state index in [1.807, 2.05) is 7.05 Å². The Bertz CT molecular complexity index is 182. The highest BCUT2D eigenvalue weighted by Gasteiger charge is 2.26. The molecule has 0 aromatic carbocycles. The molecular formula is C10H20N2S. The van der Waals surface area contributed by atoms with Gasteiger partial charge in [0.2, 0.25) is 0 Å². The van der Waals surface area contributed by atoms with Crippen molar-refractivity contribution in [2.24, 2.45) is 11.8 Å². The van der Waals surface area contributed by atoms with Gasteiger partial charge >= 0.3 is 0 Å². The molecule has 0 amide bonds. The van der Waals surface area contributed by atoms with Gasteiger partial charge in [-0.2, -0.15) is 0 Å². The summed E-state index contributed by atoms with van der Waals surface area (Å²) in [5.41, 5.74) is 0. The quantitative estimate of drug-likeness (QED) is 0.632. The van der Waals surface area contributed by atoms with Crippen molar-refractivity contribution in [3.63, 3.8) is 0 Å². The first-order chi connectivity index (χ1) is 6.15. The summed E-state index contributed by atoms with van der Waals surface area (Å²) in [6, 6.07) is 0.573. The Morgan fingerprint density at radius 3 is 2.62 bits per heavy atom. The fourth-order valence-corrected chi connectivity index (χ4v) is 2.18. The molecule has 1 aliphatic rings. The third-order valence-electron chi connectivity index (χ3n) is 3.25. The summed E-state index contributed by atoms with van der Waals surface area (Å²) in [7, 11) is 1.87. The van der Waals surface area contributed by atoms with Crippen LogP contribution in [0.4, 0.5) is 0 Å². The van der Waals surface area contributed by atoms with E-state index in [2.05, 4.69) is 24.5 Å². The number of nitrogens with one attached hydrogen (secondary N) is 2. The largest absolute Gasteiger partial charge is 0.366 e. The normalized spacial score (nSPS) is 33.9. The molecule has 0 radical (unpaired) electrons. The molecule has 0 aromatic heterocycles. The summed E-state index contributed by atoms with van der Waals surface area (Å²) >= 11 is 5.11. The van der Waals surface area contributed by atoms with Gasteiger partial charge < -0.3 is 10.6 Å². The maximum Gasteiger partial charge on any atom is 0.166 e. The van der Waals surface area contributed by atoms with Gasteiger partial charge in [0.05, 0.1) is 0 Å². The Morgan fingerprint density at radius 1 is 1.31 bits per heavy atom. The second-order valence-electron chi connectivity index (χ2n) is 4.10. The van der Waals surface area contributed by atoms with Crippen molar-refractivity contribution in [1.82, 2.24) is 10.6 Å². The third-order valence-corrected chi connectivity index (χ3v) is 3.57. The molecule has 0 aromatic rings. The number of hydrogen-bond donors (Lipinski definition) is 2. The molecule has 1 aliphatic carbocycles. The van der Waals surface area contributed by atoms with Crippen LogP contribution in [-0.4, -0.2) is 18.2 Å². The van der Waals surface area contributed by atoms with Gasteiger partial charge in [-0.1, -0.05) is 26.7 Å². The molecule has 0 unspecified atom stereocenters. The lowest BCUT2D eigenvalue weighted by molar-refractivity contribution is 0.224. The first kappa shape index (κ1) is 10.8. The van der Waals surface area contributed by atoms with Crippen LogP contribution in [0.15, 0.2) is 0 Å². The van der Waals surface area contributed by atoms with Crippen LogP contribution < -0.4 is 10.6 Å².